The zero-order valence-corrected chi connectivity index (χ0v) is 13.3. The van der Waals surface area contributed by atoms with E-state index in [9.17, 15) is 0 Å². The third-order valence-corrected chi connectivity index (χ3v) is 5.57. The third-order valence-electron chi connectivity index (χ3n) is 5.57. The van der Waals surface area contributed by atoms with E-state index < -0.39 is 0 Å². The van der Waals surface area contributed by atoms with E-state index in [-0.39, 0.29) is 0 Å². The van der Waals surface area contributed by atoms with Crippen LogP contribution in [0.1, 0.15) is 77.0 Å². The minimum absolute atomic E-state index is 0.360. The summed E-state index contributed by atoms with van der Waals surface area (Å²) in [5.41, 5.74) is 7.06. The predicted molar refractivity (Wildman–Crippen MR) is 87.9 cm³/mol. The van der Waals surface area contributed by atoms with Gasteiger partial charge in [0.1, 0.15) is 0 Å². The average molecular weight is 278 g/mol. The lowest BCUT2D eigenvalue weighted by Crippen LogP contribution is -2.59. The quantitative estimate of drug-likeness (QED) is 0.531. The summed E-state index contributed by atoms with van der Waals surface area (Å²) in [6, 6.07) is 0.395. The smallest absolute Gasteiger partial charge is 0.0360 e. The standard InChI is InChI=1S/C18H34N2/c1-2-3-4-5-7-12-17(19)18(13-8-9-14-18)20-15-10-6-11-16-20/h2,17H,1,3-16,19H2. The highest BCUT2D eigenvalue weighted by Gasteiger charge is 2.44. The lowest BCUT2D eigenvalue weighted by Gasteiger charge is -2.47. The van der Waals surface area contributed by atoms with Gasteiger partial charge in [-0.3, -0.25) is 4.90 Å². The normalized spacial score (nSPS) is 24.6. The van der Waals surface area contributed by atoms with Gasteiger partial charge in [0.25, 0.3) is 0 Å². The molecule has 2 aliphatic rings. The molecule has 1 atom stereocenters. The summed E-state index contributed by atoms with van der Waals surface area (Å²) in [6.45, 7) is 6.39. The van der Waals surface area contributed by atoms with Crippen molar-refractivity contribution in [3.05, 3.63) is 12.7 Å². The number of hydrogen-bond acceptors (Lipinski definition) is 2. The van der Waals surface area contributed by atoms with Gasteiger partial charge in [0, 0.05) is 11.6 Å². The molecular formula is C18H34N2. The molecule has 1 saturated carbocycles. The van der Waals surface area contributed by atoms with Crippen molar-refractivity contribution >= 4 is 0 Å². The number of nitrogens with zero attached hydrogens (tertiary/aromatic N) is 1. The minimum atomic E-state index is 0.360. The van der Waals surface area contributed by atoms with Crippen LogP contribution in [0.4, 0.5) is 0 Å². The number of nitrogens with two attached hydrogens (primary N) is 1. The van der Waals surface area contributed by atoms with E-state index in [2.05, 4.69) is 11.5 Å². The summed E-state index contributed by atoms with van der Waals surface area (Å²) in [5, 5.41) is 0. The van der Waals surface area contributed by atoms with E-state index in [1.165, 1.54) is 83.7 Å². The molecule has 20 heavy (non-hydrogen) atoms. The van der Waals surface area contributed by atoms with Crippen LogP contribution >= 0.6 is 0 Å². The van der Waals surface area contributed by atoms with Crippen molar-refractivity contribution in [2.75, 3.05) is 13.1 Å². The van der Waals surface area contributed by atoms with Gasteiger partial charge in [0.15, 0.2) is 0 Å². The van der Waals surface area contributed by atoms with E-state index in [0.29, 0.717) is 11.6 Å². The van der Waals surface area contributed by atoms with Gasteiger partial charge < -0.3 is 5.73 Å². The number of rotatable bonds is 8. The van der Waals surface area contributed by atoms with Crippen molar-refractivity contribution in [2.24, 2.45) is 5.73 Å². The Bertz CT molecular complexity index is 275. The van der Waals surface area contributed by atoms with Crippen molar-refractivity contribution in [3.63, 3.8) is 0 Å². The number of allylic oxidation sites excluding steroid dienone is 1. The Morgan fingerprint density at radius 3 is 2.35 bits per heavy atom. The summed E-state index contributed by atoms with van der Waals surface area (Å²) in [5.74, 6) is 0. The van der Waals surface area contributed by atoms with Crippen LogP contribution in [0.15, 0.2) is 12.7 Å². The Balaban J connectivity index is 1.84. The number of piperidine rings is 1. The molecule has 1 saturated heterocycles. The first-order valence-corrected chi connectivity index (χ1v) is 8.91. The molecule has 1 aliphatic heterocycles. The molecule has 0 spiro atoms. The fraction of sp³-hybridized carbons (Fsp3) is 0.889. The van der Waals surface area contributed by atoms with Gasteiger partial charge in [0.05, 0.1) is 0 Å². The molecule has 0 aromatic carbocycles. The number of unbranched alkanes of at least 4 members (excludes halogenated alkanes) is 3. The molecular weight excluding hydrogens is 244 g/mol. The Hall–Kier alpha value is -0.340. The van der Waals surface area contributed by atoms with Gasteiger partial charge in [0.2, 0.25) is 0 Å². The van der Waals surface area contributed by atoms with Crippen LogP contribution < -0.4 is 5.73 Å². The van der Waals surface area contributed by atoms with Crippen LogP contribution in [-0.4, -0.2) is 29.6 Å². The molecule has 1 aliphatic carbocycles. The second-order valence-corrected chi connectivity index (χ2v) is 6.89. The molecule has 2 N–H and O–H groups in total. The van der Waals surface area contributed by atoms with Gasteiger partial charge >= 0.3 is 0 Å². The Kier molecular flexibility index (Phi) is 6.57. The van der Waals surface area contributed by atoms with E-state index >= 15 is 0 Å². The lowest BCUT2D eigenvalue weighted by atomic mass is 9.82. The first-order valence-electron chi connectivity index (χ1n) is 8.91. The van der Waals surface area contributed by atoms with Crippen LogP contribution in [0.3, 0.4) is 0 Å². The first-order chi connectivity index (χ1) is 9.79. The van der Waals surface area contributed by atoms with Crippen molar-refractivity contribution in [3.8, 4) is 0 Å². The van der Waals surface area contributed by atoms with E-state index in [1.807, 2.05) is 6.08 Å². The molecule has 0 radical (unpaired) electrons. The lowest BCUT2D eigenvalue weighted by molar-refractivity contribution is 0.0451. The molecule has 0 amide bonds. The zero-order chi connectivity index (χ0) is 14.3. The molecule has 1 unspecified atom stereocenters. The molecule has 2 fully saturated rings. The molecule has 2 heteroatoms. The highest BCUT2D eigenvalue weighted by atomic mass is 15.2. The summed E-state index contributed by atoms with van der Waals surface area (Å²) in [4.78, 5) is 2.78. The molecule has 2 rings (SSSR count). The summed E-state index contributed by atoms with van der Waals surface area (Å²) in [6.07, 6.45) is 18.0. The van der Waals surface area contributed by atoms with Crippen molar-refractivity contribution < 1.29 is 0 Å². The third kappa shape index (κ3) is 3.85. The zero-order valence-electron chi connectivity index (χ0n) is 13.3. The first kappa shape index (κ1) is 16.0. The fourth-order valence-electron chi connectivity index (χ4n) is 4.35. The van der Waals surface area contributed by atoms with E-state index in [1.54, 1.807) is 0 Å². The van der Waals surface area contributed by atoms with E-state index in [4.69, 9.17) is 5.73 Å². The van der Waals surface area contributed by atoms with Gasteiger partial charge in [-0.1, -0.05) is 38.2 Å². The monoisotopic (exact) mass is 278 g/mol. The minimum Gasteiger partial charge on any atom is -0.326 e. The Labute approximate surface area is 125 Å². The molecule has 0 aromatic rings. The second-order valence-electron chi connectivity index (χ2n) is 6.89. The topological polar surface area (TPSA) is 29.3 Å². The van der Waals surface area contributed by atoms with Gasteiger partial charge in [-0.2, -0.15) is 0 Å². The maximum absolute atomic E-state index is 6.70. The maximum Gasteiger partial charge on any atom is 0.0360 e. The van der Waals surface area contributed by atoms with Crippen molar-refractivity contribution in [1.29, 1.82) is 0 Å². The van der Waals surface area contributed by atoms with Gasteiger partial charge in [-0.25, -0.2) is 0 Å². The maximum atomic E-state index is 6.70. The Morgan fingerprint density at radius 1 is 1.00 bits per heavy atom. The molecule has 0 aromatic heterocycles. The van der Waals surface area contributed by atoms with Crippen molar-refractivity contribution in [2.45, 2.75) is 88.6 Å². The van der Waals surface area contributed by atoms with Crippen LogP contribution in [0.25, 0.3) is 0 Å². The molecule has 2 nitrogen and oxygen atoms in total. The second kappa shape index (κ2) is 8.19. The highest BCUT2D eigenvalue weighted by molar-refractivity contribution is 5.02. The Morgan fingerprint density at radius 2 is 1.70 bits per heavy atom. The van der Waals surface area contributed by atoms with Gasteiger partial charge in [-0.05, 0) is 58.0 Å². The van der Waals surface area contributed by atoms with Gasteiger partial charge in [-0.15, -0.1) is 6.58 Å². The number of likely N-dealkylation sites (tertiary alicyclic amines) is 1. The fourth-order valence-corrected chi connectivity index (χ4v) is 4.35. The van der Waals surface area contributed by atoms with Crippen LogP contribution in [-0.2, 0) is 0 Å². The molecule has 116 valence electrons. The molecule has 0 bridgehead atoms. The van der Waals surface area contributed by atoms with Crippen LogP contribution in [0, 0.1) is 0 Å². The summed E-state index contributed by atoms with van der Waals surface area (Å²) >= 11 is 0. The number of hydrogen-bond donors (Lipinski definition) is 1. The predicted octanol–water partition coefficient (Wildman–Crippen LogP) is 4.25. The summed E-state index contributed by atoms with van der Waals surface area (Å²) < 4.78 is 0. The van der Waals surface area contributed by atoms with Crippen LogP contribution in [0.2, 0.25) is 0 Å². The molecule has 1 heterocycles. The SMILES string of the molecule is C=CCCCCCC(N)C1(N2CCCCC2)CCCC1. The average Bonchev–Trinajstić information content (AvgIpc) is 2.99. The summed E-state index contributed by atoms with van der Waals surface area (Å²) in [7, 11) is 0. The van der Waals surface area contributed by atoms with E-state index in [0.717, 1.165) is 6.42 Å². The highest BCUT2D eigenvalue weighted by Crippen LogP contribution is 2.40. The largest absolute Gasteiger partial charge is 0.326 e. The van der Waals surface area contributed by atoms with Crippen molar-refractivity contribution in [1.82, 2.24) is 4.90 Å². The van der Waals surface area contributed by atoms with Crippen LogP contribution in [0.5, 0.6) is 0 Å².